The molecular weight excluding hydrogens is 424 g/mol. The number of carbonyl (C=O) groups is 2. The molecule has 8 nitrogen and oxygen atoms in total. The predicted molar refractivity (Wildman–Crippen MR) is 118 cm³/mol. The van der Waals surface area contributed by atoms with Crippen molar-refractivity contribution in [3.05, 3.63) is 65.5 Å². The number of hydrogen-bond donors (Lipinski definition) is 3. The van der Waals surface area contributed by atoms with Crippen molar-refractivity contribution in [2.75, 3.05) is 16.3 Å². The second kappa shape index (κ2) is 9.06. The smallest absolute Gasteiger partial charge is 0.251 e. The van der Waals surface area contributed by atoms with Crippen molar-refractivity contribution < 1.29 is 18.0 Å². The number of rotatable bonds is 7. The van der Waals surface area contributed by atoms with E-state index in [9.17, 15) is 18.0 Å². The Bertz CT molecular complexity index is 1140. The van der Waals surface area contributed by atoms with Crippen molar-refractivity contribution in [1.82, 2.24) is 10.3 Å². The monoisotopic (exact) mass is 444 g/mol. The van der Waals surface area contributed by atoms with Gasteiger partial charge in [0.2, 0.25) is 15.9 Å². The third kappa shape index (κ3) is 5.88. The Kier molecular flexibility index (Phi) is 6.48. The first-order valence-corrected chi connectivity index (χ1v) is 11.7. The molecule has 2 amide bonds. The molecule has 0 spiro atoms. The van der Waals surface area contributed by atoms with E-state index in [1.54, 1.807) is 60.8 Å². The third-order valence-electron chi connectivity index (χ3n) is 4.00. The van der Waals surface area contributed by atoms with Gasteiger partial charge in [-0.25, -0.2) is 13.4 Å². The van der Waals surface area contributed by atoms with Crippen LogP contribution in [-0.2, 0) is 14.8 Å². The lowest BCUT2D eigenvalue weighted by Gasteiger charge is -2.13. The Morgan fingerprint density at radius 3 is 2.33 bits per heavy atom. The lowest BCUT2D eigenvalue weighted by atomic mass is 10.1. The average molecular weight is 445 g/mol. The van der Waals surface area contributed by atoms with Crippen molar-refractivity contribution in [1.29, 1.82) is 0 Å². The number of sulfonamides is 1. The van der Waals surface area contributed by atoms with E-state index >= 15 is 0 Å². The van der Waals surface area contributed by atoms with E-state index in [0.717, 1.165) is 11.8 Å². The van der Waals surface area contributed by atoms with Crippen molar-refractivity contribution in [3.8, 4) is 11.3 Å². The molecule has 1 heterocycles. The topological polar surface area (TPSA) is 117 Å². The molecule has 30 heavy (non-hydrogen) atoms. The maximum Gasteiger partial charge on any atom is 0.251 e. The van der Waals surface area contributed by atoms with Crippen LogP contribution in [0.1, 0.15) is 17.3 Å². The van der Waals surface area contributed by atoms with Gasteiger partial charge in [-0.15, -0.1) is 11.3 Å². The maximum absolute atomic E-state index is 12.4. The molecule has 1 aromatic heterocycles. The molecule has 1 unspecified atom stereocenters. The van der Waals surface area contributed by atoms with Crippen LogP contribution in [0.15, 0.2) is 60.0 Å². The number of carbonyl (C=O) groups excluding carboxylic acids is 2. The van der Waals surface area contributed by atoms with Gasteiger partial charge in [-0.1, -0.05) is 30.3 Å². The summed E-state index contributed by atoms with van der Waals surface area (Å²) in [5.74, 6) is -0.714. The zero-order valence-electron chi connectivity index (χ0n) is 16.2. The summed E-state index contributed by atoms with van der Waals surface area (Å²) < 4.78 is 24.9. The quantitative estimate of drug-likeness (QED) is 0.518. The first-order valence-electron chi connectivity index (χ1n) is 8.92. The number of benzene rings is 2. The summed E-state index contributed by atoms with van der Waals surface area (Å²) in [6.45, 7) is 1.60. The molecular formula is C20H20N4O4S2. The summed E-state index contributed by atoms with van der Waals surface area (Å²) in [5, 5.41) is 7.52. The van der Waals surface area contributed by atoms with E-state index in [2.05, 4.69) is 20.3 Å². The van der Waals surface area contributed by atoms with E-state index in [1.807, 2.05) is 6.07 Å². The van der Waals surface area contributed by atoms with E-state index in [1.165, 1.54) is 11.3 Å². The Hall–Kier alpha value is -3.24. The van der Waals surface area contributed by atoms with Gasteiger partial charge >= 0.3 is 0 Å². The molecule has 0 aliphatic rings. The first-order chi connectivity index (χ1) is 14.2. The first kappa shape index (κ1) is 21.5. The van der Waals surface area contributed by atoms with Crippen LogP contribution in [0.2, 0.25) is 0 Å². The summed E-state index contributed by atoms with van der Waals surface area (Å²) in [6, 6.07) is 14.6. The number of hydrogen-bond acceptors (Lipinski definition) is 6. The van der Waals surface area contributed by atoms with E-state index in [-0.39, 0.29) is 11.8 Å². The van der Waals surface area contributed by atoms with Gasteiger partial charge in [-0.05, 0) is 31.2 Å². The Morgan fingerprint density at radius 1 is 1.03 bits per heavy atom. The summed E-state index contributed by atoms with van der Waals surface area (Å²) in [7, 11) is -3.34. The van der Waals surface area contributed by atoms with Crippen LogP contribution in [-0.4, -0.2) is 37.5 Å². The average Bonchev–Trinajstić information content (AvgIpc) is 3.16. The largest absolute Gasteiger partial charge is 0.341 e. The minimum atomic E-state index is -3.34. The SMILES string of the molecule is CC(NC(=O)c1ccccc1)C(=O)Nc1nc(-c2ccc(NS(C)(=O)=O)cc2)cs1. The molecule has 1 atom stereocenters. The number of anilines is 2. The highest BCUT2D eigenvalue weighted by molar-refractivity contribution is 7.92. The molecule has 156 valence electrons. The summed E-state index contributed by atoms with van der Waals surface area (Å²) in [5.41, 5.74) is 2.34. The fraction of sp³-hybridized carbons (Fsp3) is 0.150. The number of amides is 2. The minimum absolute atomic E-state index is 0.333. The molecule has 2 aromatic carbocycles. The zero-order valence-corrected chi connectivity index (χ0v) is 17.9. The highest BCUT2D eigenvalue weighted by Gasteiger charge is 2.18. The van der Waals surface area contributed by atoms with Gasteiger partial charge in [0.1, 0.15) is 6.04 Å². The lowest BCUT2D eigenvalue weighted by Crippen LogP contribution is -2.41. The molecule has 0 aliphatic carbocycles. The Balaban J connectivity index is 1.60. The normalized spacial score (nSPS) is 12.1. The van der Waals surface area contributed by atoms with E-state index < -0.39 is 16.1 Å². The van der Waals surface area contributed by atoms with E-state index in [0.29, 0.717) is 22.1 Å². The molecule has 0 saturated carbocycles. The molecule has 3 aromatic rings. The standard InChI is InChI=1S/C20H20N4O4S2/c1-13(21-19(26)15-6-4-3-5-7-15)18(25)23-20-22-17(12-29-20)14-8-10-16(11-9-14)24-30(2,27)28/h3-13,24H,1-2H3,(H,21,26)(H,22,23,25). The van der Waals surface area contributed by atoms with Gasteiger partial charge in [0.15, 0.2) is 5.13 Å². The van der Waals surface area contributed by atoms with Crippen LogP contribution in [0.25, 0.3) is 11.3 Å². The number of nitrogens with one attached hydrogen (secondary N) is 3. The lowest BCUT2D eigenvalue weighted by molar-refractivity contribution is -0.117. The molecule has 0 aliphatic heterocycles. The molecule has 10 heteroatoms. The second-order valence-electron chi connectivity index (χ2n) is 6.54. The summed E-state index contributed by atoms with van der Waals surface area (Å²) in [6.07, 6.45) is 1.08. The van der Waals surface area contributed by atoms with Gasteiger partial charge in [0, 0.05) is 22.2 Å². The number of thiazole rings is 1. The highest BCUT2D eigenvalue weighted by atomic mass is 32.2. The number of nitrogens with zero attached hydrogens (tertiary/aromatic N) is 1. The highest BCUT2D eigenvalue weighted by Crippen LogP contribution is 2.26. The fourth-order valence-electron chi connectivity index (χ4n) is 2.54. The van der Waals surface area contributed by atoms with Crippen molar-refractivity contribution in [2.45, 2.75) is 13.0 Å². The predicted octanol–water partition coefficient (Wildman–Crippen LogP) is 2.94. The molecule has 3 N–H and O–H groups in total. The van der Waals surface area contributed by atoms with Crippen LogP contribution in [0.4, 0.5) is 10.8 Å². The van der Waals surface area contributed by atoms with Crippen LogP contribution in [0.5, 0.6) is 0 Å². The Labute approximate surface area is 178 Å². The Morgan fingerprint density at radius 2 is 1.70 bits per heavy atom. The molecule has 3 rings (SSSR count). The van der Waals surface area contributed by atoms with Crippen LogP contribution in [0, 0.1) is 0 Å². The molecule has 0 bridgehead atoms. The van der Waals surface area contributed by atoms with Gasteiger partial charge in [-0.3, -0.25) is 14.3 Å². The van der Waals surface area contributed by atoms with Gasteiger partial charge < -0.3 is 10.6 Å². The summed E-state index contributed by atoms with van der Waals surface area (Å²) in [4.78, 5) is 28.9. The van der Waals surface area contributed by atoms with E-state index in [4.69, 9.17) is 0 Å². The van der Waals surface area contributed by atoms with Crippen LogP contribution in [0.3, 0.4) is 0 Å². The van der Waals surface area contributed by atoms with Crippen LogP contribution >= 0.6 is 11.3 Å². The van der Waals surface area contributed by atoms with Crippen molar-refractivity contribution >= 4 is 44.0 Å². The second-order valence-corrected chi connectivity index (χ2v) is 9.15. The summed E-state index contributed by atoms with van der Waals surface area (Å²) >= 11 is 1.25. The minimum Gasteiger partial charge on any atom is -0.341 e. The fourth-order valence-corrected chi connectivity index (χ4v) is 3.82. The van der Waals surface area contributed by atoms with Gasteiger partial charge in [0.05, 0.1) is 11.9 Å². The molecule has 0 saturated heterocycles. The van der Waals surface area contributed by atoms with Gasteiger partial charge in [-0.2, -0.15) is 0 Å². The number of aromatic nitrogens is 1. The molecule has 0 fully saturated rings. The van der Waals surface area contributed by atoms with Crippen LogP contribution < -0.4 is 15.4 Å². The third-order valence-corrected chi connectivity index (χ3v) is 5.36. The molecule has 0 radical (unpaired) electrons. The van der Waals surface area contributed by atoms with Crippen molar-refractivity contribution in [3.63, 3.8) is 0 Å². The maximum atomic E-state index is 12.4. The zero-order chi connectivity index (χ0) is 21.7. The van der Waals surface area contributed by atoms with Crippen molar-refractivity contribution in [2.24, 2.45) is 0 Å². The van der Waals surface area contributed by atoms with Gasteiger partial charge in [0.25, 0.3) is 5.91 Å².